The van der Waals surface area contributed by atoms with E-state index in [0.717, 1.165) is 0 Å². The van der Waals surface area contributed by atoms with Crippen LogP contribution in [0.15, 0.2) is 53.7 Å². The van der Waals surface area contributed by atoms with Crippen LogP contribution in [0.5, 0.6) is 11.5 Å². The van der Waals surface area contributed by atoms with E-state index in [4.69, 9.17) is 14.2 Å². The molecule has 34 heavy (non-hydrogen) atoms. The maximum absolute atomic E-state index is 13.1. The number of nitrogens with one attached hydrogen (secondary N) is 2. The molecule has 0 fully saturated rings. The van der Waals surface area contributed by atoms with Crippen molar-refractivity contribution in [3.63, 3.8) is 0 Å². The minimum absolute atomic E-state index is 0.208. The van der Waals surface area contributed by atoms with Crippen LogP contribution in [0, 0.1) is 0 Å². The number of rotatable bonds is 8. The Kier molecular flexibility index (Phi) is 7.78. The van der Waals surface area contributed by atoms with E-state index in [2.05, 4.69) is 10.6 Å². The predicted molar refractivity (Wildman–Crippen MR) is 127 cm³/mol. The second-order valence-electron chi connectivity index (χ2n) is 7.46. The fourth-order valence-corrected chi connectivity index (χ4v) is 3.95. The number of amides is 3. The van der Waals surface area contributed by atoms with Gasteiger partial charge in [-0.25, -0.2) is 9.59 Å². The van der Waals surface area contributed by atoms with Gasteiger partial charge in [0.15, 0.2) is 0 Å². The van der Waals surface area contributed by atoms with Crippen molar-refractivity contribution in [2.24, 2.45) is 0 Å². The molecule has 2 aromatic rings. The Hall–Kier alpha value is -4.01. The largest absolute Gasteiger partial charge is 0.496 e. The van der Waals surface area contributed by atoms with Crippen molar-refractivity contribution >= 4 is 23.6 Å². The van der Waals surface area contributed by atoms with Gasteiger partial charge in [0.1, 0.15) is 17.1 Å². The Labute approximate surface area is 198 Å². The molecule has 0 spiro atoms. The van der Waals surface area contributed by atoms with Crippen LogP contribution in [-0.2, 0) is 9.53 Å². The second-order valence-corrected chi connectivity index (χ2v) is 7.46. The number of carbonyl (C=O) groups excluding carboxylic acids is 3. The zero-order valence-electron chi connectivity index (χ0n) is 19.9. The van der Waals surface area contributed by atoms with Gasteiger partial charge in [0.05, 0.1) is 32.4 Å². The first-order valence-corrected chi connectivity index (χ1v) is 10.9. The van der Waals surface area contributed by atoms with Gasteiger partial charge in [-0.05, 0) is 50.6 Å². The lowest BCUT2D eigenvalue weighted by molar-refractivity contribution is -0.139. The molecule has 1 atom stereocenters. The third kappa shape index (κ3) is 4.83. The summed E-state index contributed by atoms with van der Waals surface area (Å²) in [6, 6.07) is 11.0. The van der Waals surface area contributed by atoms with Crippen molar-refractivity contribution in [1.29, 1.82) is 0 Å². The summed E-state index contributed by atoms with van der Waals surface area (Å²) in [4.78, 5) is 40.0. The highest BCUT2D eigenvalue weighted by molar-refractivity contribution is 6.08. The van der Waals surface area contributed by atoms with Crippen molar-refractivity contribution < 1.29 is 28.6 Å². The Morgan fingerprint density at radius 1 is 1.06 bits per heavy atom. The van der Waals surface area contributed by atoms with E-state index in [1.807, 2.05) is 6.92 Å². The summed E-state index contributed by atoms with van der Waals surface area (Å²) in [6.07, 6.45) is 0. The molecule has 0 bridgehead atoms. The van der Waals surface area contributed by atoms with Crippen LogP contribution in [0.2, 0.25) is 0 Å². The molecule has 9 nitrogen and oxygen atoms in total. The third-order valence-corrected chi connectivity index (χ3v) is 5.54. The van der Waals surface area contributed by atoms with Gasteiger partial charge in [-0.3, -0.25) is 9.69 Å². The SMILES string of the molecule is CCOC(=O)C1=C(C)N(CC)C(=O)NC1c1cccc(NC(=O)c2c(OC)cccc2OC)c1. The number of methoxy groups -OCH3 is 2. The molecule has 180 valence electrons. The van der Waals surface area contributed by atoms with Gasteiger partial charge >= 0.3 is 12.0 Å². The van der Waals surface area contributed by atoms with E-state index in [1.165, 1.54) is 19.1 Å². The maximum Gasteiger partial charge on any atom is 0.338 e. The van der Waals surface area contributed by atoms with Crippen LogP contribution in [-0.4, -0.2) is 50.2 Å². The molecule has 2 aromatic carbocycles. The van der Waals surface area contributed by atoms with Crippen molar-refractivity contribution in [1.82, 2.24) is 10.2 Å². The number of carbonyl (C=O) groups is 3. The third-order valence-electron chi connectivity index (χ3n) is 5.54. The molecule has 2 N–H and O–H groups in total. The van der Waals surface area contributed by atoms with Gasteiger partial charge < -0.3 is 24.8 Å². The molecule has 1 aliphatic rings. The van der Waals surface area contributed by atoms with Crippen molar-refractivity contribution in [3.05, 3.63) is 64.9 Å². The van der Waals surface area contributed by atoms with Gasteiger partial charge in [-0.15, -0.1) is 0 Å². The highest BCUT2D eigenvalue weighted by Gasteiger charge is 2.36. The minimum atomic E-state index is -0.730. The zero-order valence-corrected chi connectivity index (χ0v) is 19.9. The summed E-state index contributed by atoms with van der Waals surface area (Å²) < 4.78 is 15.9. The first-order valence-electron chi connectivity index (χ1n) is 10.9. The number of anilines is 1. The molecule has 0 aromatic heterocycles. The number of allylic oxidation sites excluding steroid dienone is 1. The van der Waals surface area contributed by atoms with Crippen LogP contribution < -0.4 is 20.1 Å². The molecule has 3 rings (SSSR count). The summed E-state index contributed by atoms with van der Waals surface area (Å²) in [6.45, 7) is 5.89. The lowest BCUT2D eigenvalue weighted by atomic mass is 9.94. The summed E-state index contributed by atoms with van der Waals surface area (Å²) in [7, 11) is 2.95. The first kappa shape index (κ1) is 24.6. The van der Waals surface area contributed by atoms with Crippen molar-refractivity contribution in [3.8, 4) is 11.5 Å². The lowest BCUT2D eigenvalue weighted by Crippen LogP contribution is -2.47. The molecule has 0 saturated carbocycles. The normalized spacial score (nSPS) is 15.5. The van der Waals surface area contributed by atoms with E-state index in [1.54, 1.807) is 56.3 Å². The molecule has 1 unspecified atom stereocenters. The summed E-state index contributed by atoms with van der Waals surface area (Å²) in [5, 5.41) is 5.72. The zero-order chi connectivity index (χ0) is 24.8. The van der Waals surface area contributed by atoms with Crippen molar-refractivity contribution in [2.75, 3.05) is 32.7 Å². The lowest BCUT2D eigenvalue weighted by Gasteiger charge is -2.34. The molecular weight excluding hydrogens is 438 g/mol. The maximum atomic E-state index is 13.1. The highest BCUT2D eigenvalue weighted by Crippen LogP contribution is 2.33. The molecule has 9 heteroatoms. The quantitative estimate of drug-likeness (QED) is 0.571. The van der Waals surface area contributed by atoms with Crippen LogP contribution >= 0.6 is 0 Å². The fourth-order valence-electron chi connectivity index (χ4n) is 3.95. The predicted octanol–water partition coefficient (Wildman–Crippen LogP) is 3.88. The smallest absolute Gasteiger partial charge is 0.338 e. The molecule has 0 aliphatic carbocycles. The monoisotopic (exact) mass is 467 g/mol. The molecule has 0 saturated heterocycles. The van der Waals surface area contributed by atoms with Gasteiger partial charge in [0, 0.05) is 17.9 Å². The Bertz CT molecular complexity index is 1110. The number of hydrogen-bond acceptors (Lipinski definition) is 6. The van der Waals surface area contributed by atoms with Crippen molar-refractivity contribution in [2.45, 2.75) is 26.8 Å². The van der Waals surface area contributed by atoms with E-state index >= 15 is 0 Å². The van der Waals surface area contributed by atoms with E-state index < -0.39 is 17.9 Å². The first-order chi connectivity index (χ1) is 16.4. The van der Waals surface area contributed by atoms with Crippen LogP contribution in [0.4, 0.5) is 10.5 Å². The number of benzene rings is 2. The minimum Gasteiger partial charge on any atom is -0.496 e. The Balaban J connectivity index is 1.97. The summed E-state index contributed by atoms with van der Waals surface area (Å²) in [5.74, 6) is -0.184. The number of esters is 1. The number of hydrogen-bond donors (Lipinski definition) is 2. The van der Waals surface area contributed by atoms with Gasteiger partial charge in [0.25, 0.3) is 5.91 Å². The van der Waals surface area contributed by atoms with Gasteiger partial charge in [0.2, 0.25) is 0 Å². The standard InChI is InChI=1S/C25H29N3O6/c1-6-28-15(3)20(24(30)34-7-2)22(27-25(28)31)16-10-8-11-17(14-16)26-23(29)21-18(32-4)12-9-13-19(21)33-5/h8-14,22H,6-7H2,1-5H3,(H,26,29)(H,27,31). The molecule has 0 radical (unpaired) electrons. The van der Waals surface area contributed by atoms with Crippen LogP contribution in [0.1, 0.15) is 42.7 Å². The fraction of sp³-hybridized carbons (Fsp3) is 0.320. The Morgan fingerprint density at radius 3 is 2.29 bits per heavy atom. The average molecular weight is 468 g/mol. The Morgan fingerprint density at radius 2 is 1.71 bits per heavy atom. The topological polar surface area (TPSA) is 106 Å². The second kappa shape index (κ2) is 10.7. The molecule has 3 amide bonds. The number of ether oxygens (including phenoxy) is 3. The summed E-state index contributed by atoms with van der Waals surface area (Å²) in [5.41, 5.74) is 2.23. The number of nitrogens with zero attached hydrogens (tertiary/aromatic N) is 1. The summed E-state index contributed by atoms with van der Waals surface area (Å²) >= 11 is 0. The molecule has 1 heterocycles. The van der Waals surface area contributed by atoms with E-state index in [9.17, 15) is 14.4 Å². The van der Waals surface area contributed by atoms with E-state index in [-0.39, 0.29) is 18.2 Å². The van der Waals surface area contributed by atoms with Gasteiger partial charge in [-0.2, -0.15) is 0 Å². The molecule has 1 aliphatic heterocycles. The number of urea groups is 1. The average Bonchev–Trinajstić information content (AvgIpc) is 2.83. The molecular formula is C25H29N3O6. The van der Waals surface area contributed by atoms with Crippen LogP contribution in [0.3, 0.4) is 0 Å². The van der Waals surface area contributed by atoms with E-state index in [0.29, 0.717) is 40.6 Å². The van der Waals surface area contributed by atoms with Crippen LogP contribution in [0.25, 0.3) is 0 Å². The van der Waals surface area contributed by atoms with Gasteiger partial charge in [-0.1, -0.05) is 18.2 Å². The highest BCUT2D eigenvalue weighted by atomic mass is 16.5.